The summed E-state index contributed by atoms with van der Waals surface area (Å²) in [6.07, 6.45) is 1.56. The minimum Gasteiger partial charge on any atom is -0.493 e. The number of benzene rings is 3. The maximum absolute atomic E-state index is 12.8. The molecule has 1 heterocycles. The lowest BCUT2D eigenvalue weighted by Crippen LogP contribution is -2.30. The quantitative estimate of drug-likeness (QED) is 0.308. The molecule has 9 heteroatoms. The fourth-order valence-electron chi connectivity index (χ4n) is 3.58. The Bertz CT molecular complexity index is 1320. The second kappa shape index (κ2) is 11.1. The summed E-state index contributed by atoms with van der Waals surface area (Å²) in [6.45, 7) is 1.91. The molecule has 0 unspecified atom stereocenters. The van der Waals surface area contributed by atoms with E-state index < -0.39 is 11.9 Å². The van der Waals surface area contributed by atoms with Crippen LogP contribution in [0.15, 0.2) is 76.9 Å². The van der Waals surface area contributed by atoms with Crippen molar-refractivity contribution in [1.82, 2.24) is 10.2 Å². The van der Waals surface area contributed by atoms with Gasteiger partial charge in [-0.15, -0.1) is 0 Å². The number of imide groups is 1. The smallest absolute Gasteiger partial charge is 0.329 e. The number of ether oxygens (including phenoxy) is 2. The lowest BCUT2D eigenvalue weighted by Gasteiger charge is -2.14. The maximum Gasteiger partial charge on any atom is 0.329 e. The van der Waals surface area contributed by atoms with E-state index in [1.54, 1.807) is 18.2 Å². The number of hydrogen-bond donors (Lipinski definition) is 2. The molecule has 0 saturated carbocycles. The molecule has 0 spiro atoms. The minimum atomic E-state index is -0.485. The van der Waals surface area contributed by atoms with Crippen molar-refractivity contribution in [2.24, 2.45) is 0 Å². The van der Waals surface area contributed by atoms with Gasteiger partial charge in [-0.2, -0.15) is 0 Å². The van der Waals surface area contributed by atoms with Gasteiger partial charge in [-0.25, -0.2) is 4.79 Å². The van der Waals surface area contributed by atoms with E-state index in [4.69, 9.17) is 9.47 Å². The van der Waals surface area contributed by atoms with Crippen LogP contribution < -0.4 is 20.1 Å². The third-order valence-corrected chi connectivity index (χ3v) is 5.98. The Morgan fingerprint density at radius 2 is 1.81 bits per heavy atom. The highest BCUT2D eigenvalue weighted by molar-refractivity contribution is 9.10. The number of amides is 4. The molecule has 1 saturated heterocycles. The fraction of sp³-hybridized carbons (Fsp3) is 0.148. The Hall–Kier alpha value is -4.11. The Kier molecular flexibility index (Phi) is 7.70. The van der Waals surface area contributed by atoms with Crippen LogP contribution in [0.5, 0.6) is 11.5 Å². The van der Waals surface area contributed by atoms with Gasteiger partial charge < -0.3 is 20.1 Å². The summed E-state index contributed by atoms with van der Waals surface area (Å²) in [7, 11) is 1.47. The van der Waals surface area contributed by atoms with Gasteiger partial charge >= 0.3 is 6.03 Å². The highest BCUT2D eigenvalue weighted by atomic mass is 79.9. The maximum atomic E-state index is 12.8. The third-order valence-electron chi connectivity index (χ3n) is 5.39. The summed E-state index contributed by atoms with van der Waals surface area (Å²) in [5, 5.41) is 5.39. The molecule has 3 aromatic carbocycles. The molecule has 3 aromatic rings. The molecule has 36 heavy (non-hydrogen) atoms. The Morgan fingerprint density at radius 3 is 2.50 bits per heavy atom. The van der Waals surface area contributed by atoms with E-state index >= 15 is 0 Å². The Morgan fingerprint density at radius 1 is 1.08 bits per heavy atom. The molecule has 0 radical (unpaired) electrons. The number of urea groups is 1. The normalized spacial score (nSPS) is 14.1. The summed E-state index contributed by atoms with van der Waals surface area (Å²) in [4.78, 5) is 38.7. The predicted molar refractivity (Wildman–Crippen MR) is 139 cm³/mol. The monoisotopic (exact) mass is 549 g/mol. The molecule has 184 valence electrons. The first-order valence-electron chi connectivity index (χ1n) is 11.1. The van der Waals surface area contributed by atoms with Crippen LogP contribution in [0.3, 0.4) is 0 Å². The first-order valence-corrected chi connectivity index (χ1v) is 11.9. The number of nitrogens with zero attached hydrogens (tertiary/aromatic N) is 1. The van der Waals surface area contributed by atoms with Gasteiger partial charge in [0.2, 0.25) is 0 Å². The topological polar surface area (TPSA) is 97.0 Å². The summed E-state index contributed by atoms with van der Waals surface area (Å²) in [5.41, 5.74) is 3.36. The van der Waals surface area contributed by atoms with E-state index in [0.29, 0.717) is 27.2 Å². The van der Waals surface area contributed by atoms with E-state index in [1.165, 1.54) is 7.11 Å². The van der Waals surface area contributed by atoms with Gasteiger partial charge in [-0.1, -0.05) is 48.0 Å². The van der Waals surface area contributed by atoms with Crippen molar-refractivity contribution < 1.29 is 23.9 Å². The number of halogens is 1. The second-order valence-electron chi connectivity index (χ2n) is 8.10. The highest BCUT2D eigenvalue weighted by Gasteiger charge is 2.33. The Labute approximate surface area is 217 Å². The first kappa shape index (κ1) is 25.0. The molecule has 0 aromatic heterocycles. The third kappa shape index (κ3) is 5.92. The van der Waals surface area contributed by atoms with E-state index in [2.05, 4.69) is 26.6 Å². The summed E-state index contributed by atoms with van der Waals surface area (Å²) < 4.78 is 11.7. The van der Waals surface area contributed by atoms with Crippen LogP contribution in [-0.2, 0) is 16.1 Å². The van der Waals surface area contributed by atoms with Crippen LogP contribution in [0, 0.1) is 6.92 Å². The van der Waals surface area contributed by atoms with Crippen LogP contribution in [0.1, 0.15) is 16.7 Å². The molecule has 0 atom stereocenters. The lowest BCUT2D eigenvalue weighted by atomic mass is 10.1. The van der Waals surface area contributed by atoms with Crippen LogP contribution in [0.25, 0.3) is 6.08 Å². The molecular weight excluding hydrogens is 526 g/mol. The van der Waals surface area contributed by atoms with Crippen LogP contribution in [-0.4, -0.2) is 36.5 Å². The first-order chi connectivity index (χ1) is 17.3. The largest absolute Gasteiger partial charge is 0.493 e. The van der Waals surface area contributed by atoms with Gasteiger partial charge in [0.25, 0.3) is 11.8 Å². The fourth-order valence-corrected chi connectivity index (χ4v) is 4.16. The number of carbonyl (C=O) groups excluding carboxylic acids is 3. The summed E-state index contributed by atoms with van der Waals surface area (Å²) in [5.74, 6) is -0.0488. The molecule has 4 rings (SSSR count). The SMILES string of the molecule is COc1cc(/C=C2/NC(=O)N(Cc3ccccc3)C2=O)cc(Br)c1OCC(=O)Nc1ccc(C)cc1. The molecule has 0 aliphatic carbocycles. The van der Waals surface area contributed by atoms with Crippen LogP contribution in [0.2, 0.25) is 0 Å². The van der Waals surface area contributed by atoms with Gasteiger partial charge in [0.15, 0.2) is 18.1 Å². The number of aryl methyl sites for hydroxylation is 1. The van der Waals surface area contributed by atoms with E-state index in [1.807, 2.05) is 61.5 Å². The second-order valence-corrected chi connectivity index (χ2v) is 8.96. The predicted octanol–water partition coefficient (Wildman–Crippen LogP) is 4.88. The zero-order chi connectivity index (χ0) is 25.7. The molecule has 0 bridgehead atoms. The highest BCUT2D eigenvalue weighted by Crippen LogP contribution is 2.37. The Balaban J connectivity index is 1.46. The standard InChI is InChI=1S/C27H24BrN3O5/c1-17-8-10-20(11-9-17)29-24(32)16-36-25-21(28)12-19(14-23(25)35-2)13-22-26(33)31(27(34)30-22)15-18-6-4-3-5-7-18/h3-14H,15-16H2,1-2H3,(H,29,32)(H,30,34)/b22-13+. The number of nitrogens with one attached hydrogen (secondary N) is 2. The zero-order valence-electron chi connectivity index (χ0n) is 19.7. The molecule has 8 nitrogen and oxygen atoms in total. The van der Waals surface area contributed by atoms with E-state index in [9.17, 15) is 14.4 Å². The van der Waals surface area contributed by atoms with Crippen molar-refractivity contribution in [2.45, 2.75) is 13.5 Å². The lowest BCUT2D eigenvalue weighted by molar-refractivity contribution is -0.123. The average Bonchev–Trinajstić information content (AvgIpc) is 3.12. The van der Waals surface area contributed by atoms with Gasteiger partial charge in [-0.3, -0.25) is 14.5 Å². The van der Waals surface area contributed by atoms with Crippen molar-refractivity contribution >= 4 is 45.5 Å². The number of hydrogen-bond acceptors (Lipinski definition) is 5. The molecule has 2 N–H and O–H groups in total. The number of rotatable bonds is 8. The number of carbonyl (C=O) groups is 3. The van der Waals surface area contributed by atoms with Crippen molar-refractivity contribution in [3.63, 3.8) is 0 Å². The van der Waals surface area contributed by atoms with E-state index in [0.717, 1.165) is 16.0 Å². The van der Waals surface area contributed by atoms with Crippen molar-refractivity contribution in [3.8, 4) is 11.5 Å². The van der Waals surface area contributed by atoms with Crippen molar-refractivity contribution in [2.75, 3.05) is 19.0 Å². The van der Waals surface area contributed by atoms with Crippen molar-refractivity contribution in [3.05, 3.63) is 93.6 Å². The molecule has 1 fully saturated rings. The number of anilines is 1. The van der Waals surface area contributed by atoms with Crippen molar-refractivity contribution in [1.29, 1.82) is 0 Å². The van der Waals surface area contributed by atoms with E-state index in [-0.39, 0.29) is 24.8 Å². The molecule has 1 aliphatic rings. The van der Waals surface area contributed by atoms with Crippen LogP contribution >= 0.6 is 15.9 Å². The van der Waals surface area contributed by atoms with Gasteiger partial charge in [-0.05, 0) is 64.3 Å². The zero-order valence-corrected chi connectivity index (χ0v) is 21.3. The summed E-state index contributed by atoms with van der Waals surface area (Å²) >= 11 is 3.45. The average molecular weight is 550 g/mol. The number of methoxy groups -OCH3 is 1. The molecular formula is C27H24BrN3O5. The molecule has 4 amide bonds. The van der Waals surface area contributed by atoms with Gasteiger partial charge in [0.05, 0.1) is 18.1 Å². The van der Waals surface area contributed by atoms with Gasteiger partial charge in [0.1, 0.15) is 5.70 Å². The molecule has 1 aliphatic heterocycles. The van der Waals surface area contributed by atoms with Gasteiger partial charge in [0, 0.05) is 5.69 Å². The summed E-state index contributed by atoms with van der Waals surface area (Å²) in [6, 6.07) is 19.6. The van der Waals surface area contributed by atoms with Crippen LogP contribution in [0.4, 0.5) is 10.5 Å². The minimum absolute atomic E-state index is 0.149.